The van der Waals surface area contributed by atoms with E-state index in [1.165, 1.54) is 16.3 Å². The van der Waals surface area contributed by atoms with Crippen LogP contribution in [-0.4, -0.2) is 23.9 Å². The molecule has 8 aromatic carbocycles. The first-order valence-corrected chi connectivity index (χ1v) is 19.2. The van der Waals surface area contributed by atoms with Crippen molar-refractivity contribution in [2.45, 2.75) is 0 Å². The predicted molar refractivity (Wildman–Crippen MR) is 232 cm³/mol. The van der Waals surface area contributed by atoms with E-state index in [9.17, 15) is 0 Å². The van der Waals surface area contributed by atoms with Crippen molar-refractivity contribution in [2.24, 2.45) is 0 Å². The van der Waals surface area contributed by atoms with Gasteiger partial charge in [-0.15, -0.1) is 0 Å². The first-order chi connectivity index (χ1) is 28.3. The highest BCUT2D eigenvalue weighted by molar-refractivity contribution is 6.30. The molecule has 57 heavy (non-hydrogen) atoms. The van der Waals surface area contributed by atoms with Gasteiger partial charge in [-0.25, -0.2) is 15.0 Å². The van der Waals surface area contributed by atoms with E-state index in [1.807, 2.05) is 36.4 Å². The lowest BCUT2D eigenvalue weighted by Gasteiger charge is -2.11. The Morgan fingerprint density at radius 3 is 1.89 bits per heavy atom. The zero-order valence-electron chi connectivity index (χ0n) is 30.4. The number of hydrogen-bond donors (Lipinski definition) is 0. The second-order valence-corrected chi connectivity index (χ2v) is 14.8. The van der Waals surface area contributed by atoms with Gasteiger partial charge in [-0.1, -0.05) is 97.1 Å². The summed E-state index contributed by atoms with van der Waals surface area (Å²) in [6.45, 7) is 0. The third-order valence-corrected chi connectivity index (χ3v) is 11.7. The van der Waals surface area contributed by atoms with Crippen LogP contribution in [0.15, 0.2) is 180 Å². The molecule has 13 aromatic rings. The topological polar surface area (TPSA) is 61.2 Å². The van der Waals surface area contributed by atoms with Crippen LogP contribution in [0.2, 0.25) is 0 Å². The highest BCUT2D eigenvalue weighted by Gasteiger charge is 2.24. The van der Waals surface area contributed by atoms with Crippen LogP contribution in [0.4, 0.5) is 0 Å². The Kier molecular flexibility index (Phi) is 6.07. The number of fused-ring (bicyclic) bond motifs is 12. The smallest absolute Gasteiger partial charge is 0.227 e. The summed E-state index contributed by atoms with van der Waals surface area (Å²) in [7, 11) is 0. The predicted octanol–water partition coefficient (Wildman–Crippen LogP) is 13.0. The van der Waals surface area contributed by atoms with Gasteiger partial charge in [0.1, 0.15) is 5.52 Å². The van der Waals surface area contributed by atoms with E-state index in [0.29, 0.717) is 11.7 Å². The molecule has 0 aliphatic carbocycles. The van der Waals surface area contributed by atoms with Crippen molar-refractivity contribution in [1.82, 2.24) is 23.9 Å². The molecule has 0 spiro atoms. The third kappa shape index (κ3) is 4.26. The Hall–Kier alpha value is -7.83. The molecule has 0 N–H and O–H groups in total. The SMILES string of the molecule is c1ccc(-c2nc3cc4c5cc(-c6nc(-c7ccc8c(c7)c7ccccc7n8-c7ccccc7)c7ccccc7n6)ccc5n5c6ccccc6c(c3o2)c45)cc1. The maximum Gasteiger partial charge on any atom is 0.227 e. The molecular formula is C51H29N5O. The molecule has 264 valence electrons. The zero-order chi connectivity index (χ0) is 37.2. The fourth-order valence-corrected chi connectivity index (χ4v) is 9.19. The molecule has 0 amide bonds. The molecule has 13 rings (SSSR count). The second kappa shape index (κ2) is 11.4. The van der Waals surface area contributed by atoms with Gasteiger partial charge in [0, 0.05) is 54.7 Å². The monoisotopic (exact) mass is 727 g/mol. The van der Waals surface area contributed by atoms with Crippen LogP contribution < -0.4 is 0 Å². The molecule has 0 aliphatic heterocycles. The minimum absolute atomic E-state index is 0.621. The minimum atomic E-state index is 0.621. The summed E-state index contributed by atoms with van der Waals surface area (Å²) in [5.74, 6) is 1.31. The van der Waals surface area contributed by atoms with Crippen molar-refractivity contribution in [3.05, 3.63) is 176 Å². The lowest BCUT2D eigenvalue weighted by Crippen LogP contribution is -1.96. The Labute approximate surface area is 324 Å². The van der Waals surface area contributed by atoms with Gasteiger partial charge in [-0.2, -0.15) is 0 Å². The number of nitrogens with zero attached hydrogens (tertiary/aromatic N) is 5. The van der Waals surface area contributed by atoms with Crippen LogP contribution in [0.1, 0.15) is 0 Å². The molecule has 0 aliphatic rings. The molecule has 5 aromatic heterocycles. The van der Waals surface area contributed by atoms with E-state index < -0.39 is 0 Å². The van der Waals surface area contributed by atoms with Crippen molar-refractivity contribution >= 4 is 81.9 Å². The average Bonchev–Trinajstić information content (AvgIpc) is 4.03. The molecule has 0 radical (unpaired) electrons. The van der Waals surface area contributed by atoms with Crippen molar-refractivity contribution in [2.75, 3.05) is 0 Å². The summed E-state index contributed by atoms with van der Waals surface area (Å²) >= 11 is 0. The molecule has 0 fully saturated rings. The Bertz CT molecular complexity index is 3750. The Morgan fingerprint density at radius 1 is 0.404 bits per heavy atom. The molecular weight excluding hydrogens is 699 g/mol. The van der Waals surface area contributed by atoms with E-state index in [2.05, 4.69) is 148 Å². The summed E-state index contributed by atoms with van der Waals surface area (Å²) in [5, 5.41) is 7.89. The molecule has 6 nitrogen and oxygen atoms in total. The maximum absolute atomic E-state index is 6.59. The molecule has 0 bridgehead atoms. The van der Waals surface area contributed by atoms with Crippen LogP contribution in [-0.2, 0) is 0 Å². The molecule has 0 saturated carbocycles. The zero-order valence-corrected chi connectivity index (χ0v) is 30.4. The molecule has 6 heteroatoms. The summed E-state index contributed by atoms with van der Waals surface area (Å²) in [6, 6.07) is 61.8. The van der Waals surface area contributed by atoms with E-state index >= 15 is 0 Å². The highest BCUT2D eigenvalue weighted by Crippen LogP contribution is 2.45. The van der Waals surface area contributed by atoms with Crippen molar-refractivity contribution < 1.29 is 4.42 Å². The summed E-state index contributed by atoms with van der Waals surface area (Å²) in [6.07, 6.45) is 0. The van der Waals surface area contributed by atoms with Crippen LogP contribution >= 0.6 is 0 Å². The van der Waals surface area contributed by atoms with E-state index in [4.69, 9.17) is 19.4 Å². The lowest BCUT2D eigenvalue weighted by atomic mass is 10.0. The van der Waals surface area contributed by atoms with Gasteiger partial charge in [0.25, 0.3) is 0 Å². The summed E-state index contributed by atoms with van der Waals surface area (Å²) < 4.78 is 11.3. The standard InChI is InChI=1S/C51H29N5O/c1-3-13-30(14-4-1)51-53-41-29-39-38-28-32(24-26-45(38)56-43-22-12-9-19-36(43)46(48(39)56)49(41)57-51)50-52-40-20-10-7-18-35(40)47(54-50)31-23-25-44-37(27-31)34-17-8-11-21-42(34)55(44)33-15-5-2-6-16-33/h1-29H. The van der Waals surface area contributed by atoms with Gasteiger partial charge in [0.15, 0.2) is 11.4 Å². The largest absolute Gasteiger partial charge is 0.435 e. The van der Waals surface area contributed by atoms with Crippen molar-refractivity contribution in [3.8, 4) is 39.8 Å². The molecule has 0 saturated heterocycles. The van der Waals surface area contributed by atoms with Gasteiger partial charge < -0.3 is 13.4 Å². The van der Waals surface area contributed by atoms with Gasteiger partial charge in [0.05, 0.1) is 44.2 Å². The highest BCUT2D eigenvalue weighted by atomic mass is 16.3. The summed E-state index contributed by atoms with van der Waals surface area (Å²) in [5.41, 5.74) is 13.3. The number of hydrogen-bond acceptors (Lipinski definition) is 4. The molecule has 0 unspecified atom stereocenters. The third-order valence-electron chi connectivity index (χ3n) is 11.7. The van der Waals surface area contributed by atoms with E-state index in [1.54, 1.807) is 0 Å². The van der Waals surface area contributed by atoms with Crippen molar-refractivity contribution in [3.63, 3.8) is 0 Å². The van der Waals surface area contributed by atoms with Crippen LogP contribution in [0.25, 0.3) is 122 Å². The normalized spacial score (nSPS) is 12.2. The second-order valence-electron chi connectivity index (χ2n) is 14.8. The first kappa shape index (κ1) is 30.5. The summed E-state index contributed by atoms with van der Waals surface area (Å²) in [4.78, 5) is 15.6. The molecule has 0 atom stereocenters. The average molecular weight is 728 g/mol. The fraction of sp³-hybridized carbons (Fsp3) is 0. The van der Waals surface area contributed by atoms with Crippen LogP contribution in [0.5, 0.6) is 0 Å². The fourth-order valence-electron chi connectivity index (χ4n) is 9.19. The quantitative estimate of drug-likeness (QED) is 0.181. The van der Waals surface area contributed by atoms with Crippen LogP contribution in [0, 0.1) is 0 Å². The number of para-hydroxylation sites is 4. The number of oxazole rings is 1. The Morgan fingerprint density at radius 2 is 1.04 bits per heavy atom. The van der Waals surface area contributed by atoms with Gasteiger partial charge in [-0.3, -0.25) is 0 Å². The molecule has 5 heterocycles. The van der Waals surface area contributed by atoms with Crippen molar-refractivity contribution in [1.29, 1.82) is 0 Å². The minimum Gasteiger partial charge on any atom is -0.435 e. The first-order valence-electron chi connectivity index (χ1n) is 19.2. The van der Waals surface area contributed by atoms with E-state index in [0.717, 1.165) is 93.7 Å². The van der Waals surface area contributed by atoms with Gasteiger partial charge in [-0.05, 0) is 78.9 Å². The van der Waals surface area contributed by atoms with E-state index in [-0.39, 0.29) is 0 Å². The lowest BCUT2D eigenvalue weighted by molar-refractivity contribution is 0.623. The Balaban J connectivity index is 1.04. The number of benzene rings is 8. The number of aromatic nitrogens is 5. The van der Waals surface area contributed by atoms with Crippen LogP contribution in [0.3, 0.4) is 0 Å². The maximum atomic E-state index is 6.59. The number of rotatable bonds is 4. The van der Waals surface area contributed by atoms with Gasteiger partial charge in [0.2, 0.25) is 5.89 Å². The van der Waals surface area contributed by atoms with Gasteiger partial charge >= 0.3 is 0 Å².